The zero-order valence-corrected chi connectivity index (χ0v) is 10.8. The number of benzene rings is 1. The maximum Gasteiger partial charge on any atom is 0.335 e. The number of imidazole rings is 1. The van der Waals surface area contributed by atoms with Crippen molar-refractivity contribution in [3.05, 3.63) is 72.4 Å². The summed E-state index contributed by atoms with van der Waals surface area (Å²) in [5.74, 6) is -0.596. The Balaban J connectivity index is 1.84. The molecule has 0 bridgehead atoms. The molecule has 0 saturated heterocycles. The van der Waals surface area contributed by atoms with E-state index in [1.807, 2.05) is 22.9 Å². The first-order chi connectivity index (χ1) is 9.74. The van der Waals surface area contributed by atoms with Gasteiger partial charge in [0.2, 0.25) is 0 Å². The fourth-order valence-corrected chi connectivity index (χ4v) is 2.25. The van der Waals surface area contributed by atoms with Gasteiger partial charge in [0.1, 0.15) is 0 Å². The molecule has 0 spiro atoms. The molecule has 100 valence electrons. The van der Waals surface area contributed by atoms with E-state index in [2.05, 4.69) is 17.1 Å². The van der Waals surface area contributed by atoms with Crippen molar-refractivity contribution < 1.29 is 9.90 Å². The Morgan fingerprint density at radius 3 is 2.70 bits per heavy atom. The highest BCUT2D eigenvalue weighted by Crippen LogP contribution is 2.23. The van der Waals surface area contributed by atoms with Crippen molar-refractivity contribution in [2.45, 2.75) is 12.3 Å². The second-order valence-corrected chi connectivity index (χ2v) is 4.71. The number of allylic oxidation sites excluding steroid dienone is 4. The molecule has 0 fully saturated rings. The number of carbonyl (C=O) groups is 1. The van der Waals surface area contributed by atoms with E-state index in [1.54, 1.807) is 30.6 Å². The molecular formula is C16H14N2O2. The van der Waals surface area contributed by atoms with Crippen LogP contribution in [-0.4, -0.2) is 20.6 Å². The Bertz CT molecular complexity index is 681. The summed E-state index contributed by atoms with van der Waals surface area (Å²) in [4.78, 5) is 15.3. The zero-order chi connectivity index (χ0) is 13.9. The molecule has 4 nitrogen and oxygen atoms in total. The normalized spacial score (nSPS) is 17.3. The van der Waals surface area contributed by atoms with Crippen LogP contribution in [0.3, 0.4) is 0 Å². The van der Waals surface area contributed by atoms with Gasteiger partial charge in [0.25, 0.3) is 0 Å². The van der Waals surface area contributed by atoms with Crippen molar-refractivity contribution in [2.75, 3.05) is 0 Å². The summed E-state index contributed by atoms with van der Waals surface area (Å²) in [5, 5.41) is 8.89. The topological polar surface area (TPSA) is 55.1 Å². The van der Waals surface area contributed by atoms with E-state index < -0.39 is 5.97 Å². The van der Waals surface area contributed by atoms with Crippen LogP contribution in [0.15, 0.2) is 61.1 Å². The number of carboxylic acid groups (broad SMARTS) is 1. The average Bonchev–Trinajstić information content (AvgIpc) is 2.98. The summed E-state index contributed by atoms with van der Waals surface area (Å²) in [6.07, 6.45) is 13.1. The smallest absolute Gasteiger partial charge is 0.335 e. The second kappa shape index (κ2) is 5.17. The van der Waals surface area contributed by atoms with Crippen molar-refractivity contribution in [3.8, 4) is 5.69 Å². The van der Waals surface area contributed by atoms with Crippen LogP contribution in [-0.2, 0) is 0 Å². The van der Waals surface area contributed by atoms with E-state index in [4.69, 9.17) is 5.11 Å². The zero-order valence-electron chi connectivity index (χ0n) is 10.8. The van der Waals surface area contributed by atoms with Gasteiger partial charge in [-0.15, -0.1) is 0 Å². The van der Waals surface area contributed by atoms with E-state index >= 15 is 0 Å². The van der Waals surface area contributed by atoms with Crippen LogP contribution < -0.4 is 0 Å². The highest BCUT2D eigenvalue weighted by Gasteiger charge is 2.12. The monoisotopic (exact) mass is 266 g/mol. The molecule has 1 unspecified atom stereocenters. The minimum absolute atomic E-state index is 0.287. The van der Waals surface area contributed by atoms with Gasteiger partial charge in [0.15, 0.2) is 0 Å². The molecule has 1 aromatic heterocycles. The Labute approximate surface area is 116 Å². The molecule has 0 radical (unpaired) electrons. The van der Waals surface area contributed by atoms with Gasteiger partial charge in [-0.1, -0.05) is 24.3 Å². The van der Waals surface area contributed by atoms with Crippen LogP contribution in [0, 0.1) is 0 Å². The van der Waals surface area contributed by atoms with E-state index in [-0.39, 0.29) is 5.56 Å². The molecule has 1 atom stereocenters. The molecule has 0 amide bonds. The Hall–Kier alpha value is -2.62. The number of aromatic nitrogens is 2. The number of carboxylic acids is 1. The first-order valence-corrected chi connectivity index (χ1v) is 6.45. The van der Waals surface area contributed by atoms with E-state index in [9.17, 15) is 4.79 Å². The van der Waals surface area contributed by atoms with Crippen LogP contribution in [0.1, 0.15) is 28.4 Å². The quantitative estimate of drug-likeness (QED) is 0.928. The largest absolute Gasteiger partial charge is 0.478 e. The number of aromatic carboxylic acids is 1. The van der Waals surface area contributed by atoms with E-state index in [1.165, 1.54) is 0 Å². The lowest BCUT2D eigenvalue weighted by Gasteiger charge is -2.09. The van der Waals surface area contributed by atoms with E-state index in [0.29, 0.717) is 5.92 Å². The van der Waals surface area contributed by atoms with Gasteiger partial charge in [0.05, 0.1) is 17.6 Å². The predicted octanol–water partition coefficient (Wildman–Crippen LogP) is 3.17. The summed E-state index contributed by atoms with van der Waals surface area (Å²) < 4.78 is 1.91. The van der Waals surface area contributed by atoms with E-state index in [0.717, 1.165) is 17.8 Å². The standard InChI is InChI=1S/C16H14N2O2/c19-16(20)13-6-8-14(9-7-13)18-10-15(17-11-18)12-4-2-1-3-5-12/h1-4,6-12H,5H2,(H,19,20). The van der Waals surface area contributed by atoms with Crippen molar-refractivity contribution in [2.24, 2.45) is 0 Å². The maximum atomic E-state index is 10.8. The highest BCUT2D eigenvalue weighted by molar-refractivity contribution is 5.87. The fourth-order valence-electron chi connectivity index (χ4n) is 2.25. The Kier molecular flexibility index (Phi) is 3.21. The van der Waals surface area contributed by atoms with Crippen molar-refractivity contribution >= 4 is 5.97 Å². The minimum atomic E-state index is -0.915. The van der Waals surface area contributed by atoms with Crippen molar-refractivity contribution in [1.29, 1.82) is 0 Å². The molecule has 1 aromatic carbocycles. The third-order valence-electron chi connectivity index (χ3n) is 3.38. The summed E-state index contributed by atoms with van der Waals surface area (Å²) in [7, 11) is 0. The molecule has 1 N–H and O–H groups in total. The van der Waals surface area contributed by atoms with Crippen LogP contribution >= 0.6 is 0 Å². The summed E-state index contributed by atoms with van der Waals surface area (Å²) >= 11 is 0. The summed E-state index contributed by atoms with van der Waals surface area (Å²) in [6, 6.07) is 6.76. The SMILES string of the molecule is O=C(O)c1ccc(-n2cnc(C3C=CC=CC3)c2)cc1. The van der Waals surface area contributed by atoms with Gasteiger partial charge in [-0.25, -0.2) is 9.78 Å². The van der Waals surface area contributed by atoms with Crippen molar-refractivity contribution in [1.82, 2.24) is 9.55 Å². The number of rotatable bonds is 3. The lowest BCUT2D eigenvalue weighted by Crippen LogP contribution is -1.98. The van der Waals surface area contributed by atoms with Crippen molar-refractivity contribution in [3.63, 3.8) is 0 Å². The molecule has 0 saturated carbocycles. The molecule has 3 rings (SSSR count). The van der Waals surface area contributed by atoms with Gasteiger partial charge >= 0.3 is 5.97 Å². The first kappa shape index (κ1) is 12.4. The number of nitrogens with zero attached hydrogens (tertiary/aromatic N) is 2. The minimum Gasteiger partial charge on any atom is -0.478 e. The number of hydrogen-bond donors (Lipinski definition) is 1. The lowest BCUT2D eigenvalue weighted by atomic mass is 9.98. The molecule has 0 aliphatic heterocycles. The molecule has 1 aliphatic rings. The predicted molar refractivity (Wildman–Crippen MR) is 76.2 cm³/mol. The summed E-state index contributed by atoms with van der Waals surface area (Å²) in [6.45, 7) is 0. The lowest BCUT2D eigenvalue weighted by molar-refractivity contribution is 0.0697. The van der Waals surface area contributed by atoms with Crippen LogP contribution in [0.2, 0.25) is 0 Å². The van der Waals surface area contributed by atoms with Gasteiger partial charge in [-0.3, -0.25) is 0 Å². The van der Waals surface area contributed by atoms with Gasteiger partial charge in [-0.2, -0.15) is 0 Å². The Morgan fingerprint density at radius 1 is 1.25 bits per heavy atom. The molecular weight excluding hydrogens is 252 g/mol. The molecule has 20 heavy (non-hydrogen) atoms. The van der Waals surface area contributed by atoms with Gasteiger partial charge < -0.3 is 9.67 Å². The van der Waals surface area contributed by atoms with Crippen LogP contribution in [0.4, 0.5) is 0 Å². The summed E-state index contributed by atoms with van der Waals surface area (Å²) in [5.41, 5.74) is 2.21. The van der Waals surface area contributed by atoms with Gasteiger partial charge in [0, 0.05) is 17.8 Å². The molecule has 4 heteroatoms. The van der Waals surface area contributed by atoms with Crippen LogP contribution in [0.5, 0.6) is 0 Å². The second-order valence-electron chi connectivity index (χ2n) is 4.71. The molecule has 1 heterocycles. The average molecular weight is 266 g/mol. The molecule has 1 aliphatic carbocycles. The maximum absolute atomic E-state index is 10.8. The van der Waals surface area contributed by atoms with Crippen LogP contribution in [0.25, 0.3) is 5.69 Å². The Morgan fingerprint density at radius 2 is 2.05 bits per heavy atom. The highest BCUT2D eigenvalue weighted by atomic mass is 16.4. The number of hydrogen-bond acceptors (Lipinski definition) is 2. The first-order valence-electron chi connectivity index (χ1n) is 6.45. The van der Waals surface area contributed by atoms with Gasteiger partial charge in [-0.05, 0) is 30.7 Å². The fraction of sp³-hybridized carbons (Fsp3) is 0.125. The molecule has 2 aromatic rings. The third kappa shape index (κ3) is 2.40. The third-order valence-corrected chi connectivity index (χ3v) is 3.38.